The second kappa shape index (κ2) is 9.61. The number of nitrogens with zero attached hydrogens (tertiary/aromatic N) is 6. The van der Waals surface area contributed by atoms with Gasteiger partial charge in [-0.05, 0) is 0 Å². The van der Waals surface area contributed by atoms with Crippen molar-refractivity contribution >= 4 is 43.6 Å². The van der Waals surface area contributed by atoms with Crippen LogP contribution < -0.4 is 31.3 Å². The van der Waals surface area contributed by atoms with Crippen molar-refractivity contribution < 1.29 is 30.3 Å². The number of halogens is 2. The number of alkyl halides is 2. The van der Waals surface area contributed by atoms with Crippen LogP contribution in [0.1, 0.15) is 0 Å². The molecule has 5 aromatic rings. The van der Waals surface area contributed by atoms with E-state index in [4.69, 9.17) is 4.74 Å². The molecule has 0 amide bonds. The first-order valence-corrected chi connectivity index (χ1v) is 14.8. The van der Waals surface area contributed by atoms with Crippen molar-refractivity contribution in [1.82, 2.24) is 29.6 Å². The molecule has 3 radical (unpaired) electrons. The number of ether oxygens (including phenoxy) is 1. The molecule has 0 bridgehead atoms. The number of aromatic nitrogens is 5. The monoisotopic (exact) mass is 623 g/mol. The summed E-state index contributed by atoms with van der Waals surface area (Å²) in [4.78, 5) is 15.6. The normalized spacial score (nSPS) is 18.6. The van der Waals surface area contributed by atoms with E-state index in [0.29, 0.717) is 39.1 Å². The zero-order valence-corrected chi connectivity index (χ0v) is 23.4. The van der Waals surface area contributed by atoms with Crippen molar-refractivity contribution in [3.05, 3.63) is 67.1 Å². The van der Waals surface area contributed by atoms with Crippen molar-refractivity contribution in [2.24, 2.45) is 7.05 Å². The number of hydrogen-bond donors (Lipinski definition) is 1. The predicted octanol–water partition coefficient (Wildman–Crippen LogP) is 0.697. The molecule has 187 valence electrons. The maximum atomic E-state index is 15.4. The van der Waals surface area contributed by atoms with E-state index in [1.54, 1.807) is 35.1 Å². The summed E-state index contributed by atoms with van der Waals surface area (Å²) in [6.07, 6.45) is 6.90. The van der Waals surface area contributed by atoms with Gasteiger partial charge in [0.2, 0.25) is 0 Å². The van der Waals surface area contributed by atoms with Gasteiger partial charge in [0, 0.05) is 0 Å². The summed E-state index contributed by atoms with van der Waals surface area (Å²) in [6.45, 7) is 1.82. The van der Waals surface area contributed by atoms with E-state index in [2.05, 4.69) is 47.6 Å². The first-order valence-electron chi connectivity index (χ1n) is 11.7. The van der Waals surface area contributed by atoms with Crippen LogP contribution in [0.15, 0.2) is 61.3 Å². The van der Waals surface area contributed by atoms with Crippen LogP contribution in [-0.2, 0) is 7.05 Å². The van der Waals surface area contributed by atoms with Gasteiger partial charge in [-0.15, -0.1) is 0 Å². The fourth-order valence-corrected chi connectivity index (χ4v) is 8.61. The predicted molar refractivity (Wildman–Crippen MR) is 138 cm³/mol. The molecule has 1 saturated heterocycles. The minimum absolute atomic E-state index is 0.285. The van der Waals surface area contributed by atoms with Crippen molar-refractivity contribution in [3.63, 3.8) is 0 Å². The molecule has 11 heteroatoms. The first-order chi connectivity index (χ1) is 17.9. The van der Waals surface area contributed by atoms with Crippen LogP contribution in [0.4, 0.5) is 15.9 Å². The summed E-state index contributed by atoms with van der Waals surface area (Å²) in [5, 5.41) is 8.66. The average molecular weight is 624 g/mol. The number of hydrogen-bond acceptors (Lipinski definition) is 7. The van der Waals surface area contributed by atoms with Gasteiger partial charge in [-0.25, -0.2) is 0 Å². The molecule has 1 atom stereocenters. The number of aryl methyl sites for hydroxylation is 1. The Morgan fingerprint density at radius 3 is 2.81 bits per heavy atom. The molecule has 0 saturated carbocycles. The Labute approximate surface area is 227 Å². The SMILES string of the molecule is CN1CC[I-][C@@]([Si])(Oc2cc(-c3cnn(C)c3)cc3ncnc(Nc4ccc5ncccc5c4F)c23)C1. The molecule has 0 unspecified atom stereocenters. The Hall–Kier alpha value is -3.16. The molecule has 6 rings (SSSR count). The van der Waals surface area contributed by atoms with Crippen LogP contribution >= 0.6 is 0 Å². The van der Waals surface area contributed by atoms with E-state index < -0.39 is 3.23 Å². The Balaban J connectivity index is 1.49. The van der Waals surface area contributed by atoms with Crippen LogP contribution in [0.3, 0.4) is 0 Å². The van der Waals surface area contributed by atoms with Gasteiger partial charge in [0.05, 0.1) is 0 Å². The summed E-state index contributed by atoms with van der Waals surface area (Å²) in [7, 11) is 7.96. The van der Waals surface area contributed by atoms with Crippen LogP contribution in [-0.4, -0.2) is 67.7 Å². The van der Waals surface area contributed by atoms with Crippen LogP contribution in [0.25, 0.3) is 32.9 Å². The number of pyridine rings is 1. The van der Waals surface area contributed by atoms with E-state index in [0.717, 1.165) is 28.6 Å². The van der Waals surface area contributed by atoms with Crippen molar-refractivity contribution in [2.75, 3.05) is 29.9 Å². The van der Waals surface area contributed by atoms with Gasteiger partial charge in [-0.1, -0.05) is 0 Å². The van der Waals surface area contributed by atoms with Crippen LogP contribution in [0, 0.1) is 5.82 Å². The first kappa shape index (κ1) is 24.2. The standard InChI is InChI=1S/C26H23FIN7OSi/c1-34-9-7-28-26(37,14-34)36-22-11-16(17-12-32-35(2)13-17)10-21-23(22)25(31-15-30-21)33-20-6-5-19-18(24(20)27)4-3-8-29-19/h3-6,8,10-13,15H,7,9,14H2,1-2H3,(H,30,31,33)/q-1/t26-/m1/s1. The summed E-state index contributed by atoms with van der Waals surface area (Å²) in [6, 6.07) is 10.9. The Morgan fingerprint density at radius 1 is 1.11 bits per heavy atom. The number of fused-ring (bicyclic) bond motifs is 2. The van der Waals surface area contributed by atoms with Crippen LogP contribution in [0.5, 0.6) is 5.75 Å². The maximum absolute atomic E-state index is 15.4. The van der Waals surface area contributed by atoms with Gasteiger partial charge >= 0.3 is 228 Å². The molecule has 1 N–H and O–H groups in total. The second-order valence-electron chi connectivity index (χ2n) is 9.01. The molecular formula is C26H23FIN7OSi-. The number of nitrogens with one attached hydrogen (secondary N) is 1. The fourth-order valence-electron chi connectivity index (χ4n) is 4.45. The van der Waals surface area contributed by atoms with E-state index in [1.807, 2.05) is 31.6 Å². The van der Waals surface area contributed by atoms with E-state index in [-0.39, 0.29) is 27.0 Å². The number of rotatable bonds is 5. The number of likely N-dealkylation sites (N-methyl/N-ethyl adjacent to an activating group) is 1. The topological polar surface area (TPSA) is 81.0 Å². The zero-order valence-electron chi connectivity index (χ0n) is 20.2. The molecule has 1 aliphatic rings. The zero-order chi connectivity index (χ0) is 25.6. The van der Waals surface area contributed by atoms with Crippen molar-refractivity contribution in [1.29, 1.82) is 0 Å². The Kier molecular flexibility index (Phi) is 6.29. The minimum atomic E-state index is -0.473. The molecule has 4 heterocycles. The summed E-state index contributed by atoms with van der Waals surface area (Å²) in [5.41, 5.74) is 3.47. The molecule has 3 aromatic heterocycles. The quantitative estimate of drug-likeness (QED) is 0.176. The van der Waals surface area contributed by atoms with Crippen molar-refractivity contribution in [3.8, 4) is 16.9 Å². The van der Waals surface area contributed by atoms with Crippen LogP contribution in [0.2, 0.25) is 0 Å². The Morgan fingerprint density at radius 2 is 2.00 bits per heavy atom. The fraction of sp³-hybridized carbons (Fsp3) is 0.231. The molecule has 0 spiro atoms. The average Bonchev–Trinajstić information content (AvgIpc) is 3.32. The van der Waals surface area contributed by atoms with Crippen molar-refractivity contribution in [2.45, 2.75) is 3.23 Å². The molecule has 1 fully saturated rings. The summed E-state index contributed by atoms with van der Waals surface area (Å²) >= 11 is -0.285. The van der Waals surface area contributed by atoms with Gasteiger partial charge in [0.25, 0.3) is 0 Å². The van der Waals surface area contributed by atoms with E-state index in [1.165, 1.54) is 6.33 Å². The third-order valence-corrected chi connectivity index (χ3v) is 10.2. The summed E-state index contributed by atoms with van der Waals surface area (Å²) in [5.74, 6) is 0.716. The second-order valence-corrected chi connectivity index (χ2v) is 14.4. The molecule has 1 aliphatic heterocycles. The van der Waals surface area contributed by atoms with Gasteiger partial charge in [0.15, 0.2) is 0 Å². The number of anilines is 2. The summed E-state index contributed by atoms with van der Waals surface area (Å²) < 4.78 is 24.6. The molecule has 37 heavy (non-hydrogen) atoms. The van der Waals surface area contributed by atoms with Gasteiger partial charge in [-0.3, -0.25) is 0 Å². The number of benzene rings is 2. The third-order valence-electron chi connectivity index (χ3n) is 6.23. The Bertz CT molecular complexity index is 1630. The molecule has 8 nitrogen and oxygen atoms in total. The third kappa shape index (κ3) is 4.78. The van der Waals surface area contributed by atoms with Gasteiger partial charge in [-0.2, -0.15) is 0 Å². The van der Waals surface area contributed by atoms with Gasteiger partial charge < -0.3 is 0 Å². The molecule has 2 aromatic carbocycles. The molecular weight excluding hydrogens is 600 g/mol. The van der Waals surface area contributed by atoms with E-state index in [9.17, 15) is 0 Å². The molecule has 0 aliphatic carbocycles. The van der Waals surface area contributed by atoms with Gasteiger partial charge in [0.1, 0.15) is 0 Å². The van der Waals surface area contributed by atoms with E-state index >= 15 is 4.39 Å².